The third-order valence-electron chi connectivity index (χ3n) is 5.91. The van der Waals surface area contributed by atoms with Gasteiger partial charge in [0, 0.05) is 18.3 Å². The second-order valence-corrected chi connectivity index (χ2v) is 10.6. The Morgan fingerprint density at radius 2 is 1.85 bits per heavy atom. The molecule has 1 aliphatic rings. The summed E-state index contributed by atoms with van der Waals surface area (Å²) in [7, 11) is -3.90. The van der Waals surface area contributed by atoms with E-state index in [2.05, 4.69) is 28.8 Å². The molecule has 1 heterocycles. The first-order chi connectivity index (χ1) is 15.7. The van der Waals surface area contributed by atoms with E-state index in [1.54, 1.807) is 24.3 Å². The van der Waals surface area contributed by atoms with Crippen molar-refractivity contribution in [3.8, 4) is 5.75 Å². The van der Waals surface area contributed by atoms with E-state index >= 15 is 0 Å². The van der Waals surface area contributed by atoms with E-state index in [-0.39, 0.29) is 21.5 Å². The Labute approximate surface area is 201 Å². The van der Waals surface area contributed by atoms with Gasteiger partial charge in [0.15, 0.2) is 0 Å². The number of piperidine rings is 1. The molecule has 1 unspecified atom stereocenters. The van der Waals surface area contributed by atoms with Gasteiger partial charge in [0.05, 0.1) is 22.1 Å². The van der Waals surface area contributed by atoms with Gasteiger partial charge in [-0.3, -0.25) is 14.4 Å². The van der Waals surface area contributed by atoms with Crippen LogP contribution in [0.2, 0.25) is 5.02 Å². The zero-order valence-electron chi connectivity index (χ0n) is 19.3. The maximum atomic E-state index is 12.9. The van der Waals surface area contributed by atoms with Gasteiger partial charge in [-0.2, -0.15) is 0 Å². The van der Waals surface area contributed by atoms with Crippen molar-refractivity contribution in [1.82, 2.24) is 10.2 Å². The summed E-state index contributed by atoms with van der Waals surface area (Å²) in [6, 6.07) is 10.9. The number of anilines is 1. The zero-order chi connectivity index (χ0) is 24.0. The minimum atomic E-state index is -3.90. The molecule has 2 N–H and O–H groups in total. The number of carbonyl (C=O) groups excluding carboxylic acids is 1. The number of likely N-dealkylation sites (tertiary alicyclic amines) is 1. The number of amides is 1. The van der Waals surface area contributed by atoms with Crippen LogP contribution in [-0.4, -0.2) is 51.5 Å². The zero-order valence-corrected chi connectivity index (χ0v) is 20.9. The normalized spacial score (nSPS) is 16.2. The molecule has 3 rings (SSSR count). The van der Waals surface area contributed by atoms with E-state index in [1.807, 2.05) is 6.92 Å². The molecule has 1 fully saturated rings. The highest BCUT2D eigenvalue weighted by atomic mass is 35.5. The highest BCUT2D eigenvalue weighted by Crippen LogP contribution is 2.24. The third kappa shape index (κ3) is 6.85. The molecule has 2 aromatic rings. The predicted molar refractivity (Wildman–Crippen MR) is 132 cm³/mol. The van der Waals surface area contributed by atoms with Crippen LogP contribution < -0.4 is 14.8 Å². The summed E-state index contributed by atoms with van der Waals surface area (Å²) in [6.45, 7) is 9.24. The summed E-state index contributed by atoms with van der Waals surface area (Å²) in [5, 5.41) is 3.10. The molecule has 1 saturated heterocycles. The molecule has 0 aliphatic carbocycles. The quantitative estimate of drug-likeness (QED) is 0.541. The van der Waals surface area contributed by atoms with E-state index in [1.165, 1.54) is 18.2 Å². The summed E-state index contributed by atoms with van der Waals surface area (Å²) in [5.41, 5.74) is 0.523. The Hall–Kier alpha value is -2.29. The Kier molecular flexibility index (Phi) is 8.62. The smallest absolute Gasteiger partial charge is 0.261 e. The van der Waals surface area contributed by atoms with Gasteiger partial charge in [-0.05, 0) is 88.2 Å². The van der Waals surface area contributed by atoms with Crippen molar-refractivity contribution < 1.29 is 17.9 Å². The first kappa shape index (κ1) is 25.3. The Bertz CT molecular complexity index is 1050. The number of carbonyl (C=O) groups is 1. The lowest BCUT2D eigenvalue weighted by atomic mass is 9.98. The lowest BCUT2D eigenvalue weighted by molar-refractivity contribution is 0.0921. The molecule has 0 aromatic heterocycles. The second-order valence-electron chi connectivity index (χ2n) is 8.48. The molecular formula is C24H32ClN3O4S. The molecule has 0 bridgehead atoms. The van der Waals surface area contributed by atoms with E-state index in [9.17, 15) is 13.2 Å². The maximum absolute atomic E-state index is 12.9. The van der Waals surface area contributed by atoms with E-state index in [4.69, 9.17) is 16.3 Å². The monoisotopic (exact) mass is 493 g/mol. The maximum Gasteiger partial charge on any atom is 0.261 e. The molecule has 0 spiro atoms. The van der Waals surface area contributed by atoms with Crippen LogP contribution in [0.1, 0.15) is 44.0 Å². The van der Waals surface area contributed by atoms with Crippen LogP contribution >= 0.6 is 11.6 Å². The fourth-order valence-corrected chi connectivity index (χ4v) is 5.07. The summed E-state index contributed by atoms with van der Waals surface area (Å²) in [5.74, 6) is 0.997. The number of halogens is 1. The number of nitrogens with one attached hydrogen (secondary N) is 2. The minimum absolute atomic E-state index is 0.0380. The number of sulfonamides is 1. The molecule has 7 nitrogen and oxygen atoms in total. The fourth-order valence-electron chi connectivity index (χ4n) is 3.78. The number of rotatable bonds is 9. The van der Waals surface area contributed by atoms with Gasteiger partial charge in [0.1, 0.15) is 5.75 Å². The minimum Gasteiger partial charge on any atom is -0.494 e. The van der Waals surface area contributed by atoms with Gasteiger partial charge in [-0.1, -0.05) is 18.5 Å². The summed E-state index contributed by atoms with van der Waals surface area (Å²) >= 11 is 6.23. The average molecular weight is 494 g/mol. The van der Waals surface area contributed by atoms with Crippen molar-refractivity contribution in [2.45, 2.75) is 44.6 Å². The first-order valence-electron chi connectivity index (χ1n) is 11.3. The molecule has 33 heavy (non-hydrogen) atoms. The van der Waals surface area contributed by atoms with Crippen LogP contribution in [0.4, 0.5) is 5.69 Å². The number of ether oxygens (including phenoxy) is 1. The van der Waals surface area contributed by atoms with Crippen molar-refractivity contribution in [3.05, 3.63) is 53.1 Å². The standard InChI is InChI=1S/C24H32ClN3O4S/c1-4-32-20-7-5-19(6-8-20)27-33(30,31)21-9-10-23(25)22(15-21)24(29)26-16-18(3)28-13-11-17(2)12-14-28/h5-10,15,17-18,27H,4,11-14,16H2,1-3H3,(H,26,29). The predicted octanol–water partition coefficient (Wildman–Crippen LogP) is 4.39. The fraction of sp³-hybridized carbons (Fsp3) is 0.458. The van der Waals surface area contributed by atoms with Gasteiger partial charge in [-0.15, -0.1) is 0 Å². The number of benzene rings is 2. The van der Waals surface area contributed by atoms with Crippen LogP contribution in [-0.2, 0) is 10.0 Å². The molecule has 1 aliphatic heterocycles. The highest BCUT2D eigenvalue weighted by Gasteiger charge is 2.22. The molecule has 0 saturated carbocycles. The van der Waals surface area contributed by atoms with Crippen LogP contribution in [0.5, 0.6) is 5.75 Å². The number of hydrogen-bond donors (Lipinski definition) is 2. The van der Waals surface area contributed by atoms with E-state index in [0.29, 0.717) is 24.6 Å². The van der Waals surface area contributed by atoms with Crippen LogP contribution in [0, 0.1) is 5.92 Å². The largest absolute Gasteiger partial charge is 0.494 e. The van der Waals surface area contributed by atoms with Gasteiger partial charge < -0.3 is 10.1 Å². The van der Waals surface area contributed by atoms with Crippen molar-refractivity contribution in [1.29, 1.82) is 0 Å². The number of nitrogens with zero attached hydrogens (tertiary/aromatic N) is 1. The summed E-state index contributed by atoms with van der Waals surface area (Å²) in [4.78, 5) is 15.1. The topological polar surface area (TPSA) is 87.7 Å². The van der Waals surface area contributed by atoms with Crippen LogP contribution in [0.25, 0.3) is 0 Å². The van der Waals surface area contributed by atoms with Crippen LogP contribution in [0.15, 0.2) is 47.4 Å². The Balaban J connectivity index is 1.66. The van der Waals surface area contributed by atoms with E-state index < -0.39 is 15.9 Å². The summed E-state index contributed by atoms with van der Waals surface area (Å²) in [6.07, 6.45) is 2.32. The SMILES string of the molecule is CCOc1ccc(NS(=O)(=O)c2ccc(Cl)c(C(=O)NCC(C)N3CCC(C)CC3)c2)cc1. The van der Waals surface area contributed by atoms with Crippen molar-refractivity contribution in [3.63, 3.8) is 0 Å². The Morgan fingerprint density at radius 3 is 2.48 bits per heavy atom. The lowest BCUT2D eigenvalue weighted by Gasteiger charge is -2.35. The first-order valence-corrected chi connectivity index (χ1v) is 13.1. The summed E-state index contributed by atoms with van der Waals surface area (Å²) < 4.78 is 33.6. The van der Waals surface area contributed by atoms with Crippen molar-refractivity contribution >= 4 is 33.2 Å². The molecule has 9 heteroatoms. The molecular weight excluding hydrogens is 462 g/mol. The van der Waals surface area contributed by atoms with Gasteiger partial charge in [0.25, 0.3) is 15.9 Å². The molecule has 0 radical (unpaired) electrons. The Morgan fingerprint density at radius 1 is 1.18 bits per heavy atom. The second kappa shape index (κ2) is 11.2. The lowest BCUT2D eigenvalue weighted by Crippen LogP contribution is -2.45. The third-order valence-corrected chi connectivity index (χ3v) is 7.62. The number of hydrogen-bond acceptors (Lipinski definition) is 5. The van der Waals surface area contributed by atoms with Gasteiger partial charge >= 0.3 is 0 Å². The average Bonchev–Trinajstić information content (AvgIpc) is 2.79. The van der Waals surface area contributed by atoms with Gasteiger partial charge in [-0.25, -0.2) is 8.42 Å². The van der Waals surface area contributed by atoms with E-state index in [0.717, 1.165) is 31.8 Å². The van der Waals surface area contributed by atoms with Crippen molar-refractivity contribution in [2.75, 3.05) is 31.0 Å². The molecule has 180 valence electrons. The van der Waals surface area contributed by atoms with Gasteiger partial charge in [0.2, 0.25) is 0 Å². The highest BCUT2D eigenvalue weighted by molar-refractivity contribution is 7.92. The molecule has 2 aromatic carbocycles. The van der Waals surface area contributed by atoms with Crippen LogP contribution in [0.3, 0.4) is 0 Å². The molecule has 1 amide bonds. The molecule has 1 atom stereocenters. The van der Waals surface area contributed by atoms with Crippen molar-refractivity contribution in [2.24, 2.45) is 5.92 Å².